The second-order valence-electron chi connectivity index (χ2n) is 5.27. The number of pyridine rings is 1. The molecular weight excluding hydrogens is 350 g/mol. The summed E-state index contributed by atoms with van der Waals surface area (Å²) in [5.41, 5.74) is 2.59. The molecule has 0 aliphatic carbocycles. The van der Waals surface area contributed by atoms with Gasteiger partial charge in [-0.2, -0.15) is 0 Å². The molecule has 1 aromatic heterocycles. The van der Waals surface area contributed by atoms with Crippen molar-refractivity contribution >= 4 is 39.0 Å². The molecule has 0 saturated carbocycles. The van der Waals surface area contributed by atoms with Crippen LogP contribution in [-0.2, 0) is 0 Å². The van der Waals surface area contributed by atoms with E-state index >= 15 is 0 Å². The van der Waals surface area contributed by atoms with E-state index < -0.39 is 0 Å². The average Bonchev–Trinajstić information content (AvgIpc) is 2.47. The van der Waals surface area contributed by atoms with Gasteiger partial charge in [0.2, 0.25) is 0 Å². The van der Waals surface area contributed by atoms with E-state index in [1.807, 2.05) is 6.07 Å². The Morgan fingerprint density at radius 2 is 1.81 bits per heavy atom. The van der Waals surface area contributed by atoms with Gasteiger partial charge in [-0.3, -0.25) is 0 Å². The Bertz CT molecular complexity index is 639. The van der Waals surface area contributed by atoms with Crippen LogP contribution in [0.2, 0.25) is 5.02 Å². The van der Waals surface area contributed by atoms with Crippen LogP contribution in [0.5, 0.6) is 0 Å². The molecule has 21 heavy (non-hydrogen) atoms. The molecule has 0 unspecified atom stereocenters. The zero-order valence-corrected chi connectivity index (χ0v) is 14.2. The number of halogens is 2. The lowest BCUT2D eigenvalue weighted by Gasteiger charge is -2.37. The molecule has 0 radical (unpaired) electrons. The number of nitrogens with zero attached hydrogens (tertiary/aromatic N) is 3. The molecule has 0 bridgehead atoms. The molecule has 2 heterocycles. The predicted octanol–water partition coefficient (Wildman–Crippen LogP) is 4.13. The summed E-state index contributed by atoms with van der Waals surface area (Å²) in [4.78, 5) is 9.11. The zero-order chi connectivity index (χ0) is 14.8. The quantitative estimate of drug-likeness (QED) is 0.796. The highest BCUT2D eigenvalue weighted by atomic mass is 79.9. The van der Waals surface area contributed by atoms with Crippen LogP contribution in [0.3, 0.4) is 0 Å². The molecule has 110 valence electrons. The van der Waals surface area contributed by atoms with Crippen LogP contribution in [0.25, 0.3) is 0 Å². The van der Waals surface area contributed by atoms with Gasteiger partial charge in [0, 0.05) is 42.5 Å². The highest BCUT2D eigenvalue weighted by Gasteiger charge is 2.20. The van der Waals surface area contributed by atoms with Crippen molar-refractivity contribution < 1.29 is 0 Å². The van der Waals surface area contributed by atoms with Gasteiger partial charge in [0.25, 0.3) is 0 Å². The van der Waals surface area contributed by atoms with E-state index in [1.54, 1.807) is 6.20 Å². The fourth-order valence-corrected chi connectivity index (χ4v) is 3.39. The standard InChI is InChI=1S/C16H17BrClN3/c1-12-3-2-4-14(9-12)20-5-7-21(8-6-20)16-15(18)10-13(17)11-19-16/h2-4,9-11H,5-8H2,1H3. The van der Waals surface area contributed by atoms with E-state index in [9.17, 15) is 0 Å². The van der Waals surface area contributed by atoms with E-state index in [4.69, 9.17) is 11.6 Å². The fourth-order valence-electron chi connectivity index (χ4n) is 2.64. The third-order valence-electron chi connectivity index (χ3n) is 3.73. The van der Waals surface area contributed by atoms with Gasteiger partial charge >= 0.3 is 0 Å². The molecule has 0 atom stereocenters. The molecule has 1 saturated heterocycles. The first kappa shape index (κ1) is 14.7. The number of aryl methyl sites for hydroxylation is 1. The van der Waals surface area contributed by atoms with Crippen LogP contribution in [0.1, 0.15) is 5.56 Å². The van der Waals surface area contributed by atoms with Crippen LogP contribution < -0.4 is 9.80 Å². The molecule has 3 rings (SSSR count). The first-order valence-electron chi connectivity index (χ1n) is 7.01. The zero-order valence-electron chi connectivity index (χ0n) is 11.9. The number of piperazine rings is 1. The maximum absolute atomic E-state index is 6.29. The highest BCUT2D eigenvalue weighted by molar-refractivity contribution is 9.10. The second kappa shape index (κ2) is 6.24. The Morgan fingerprint density at radius 1 is 1.10 bits per heavy atom. The summed E-state index contributed by atoms with van der Waals surface area (Å²) in [6.45, 7) is 5.96. The van der Waals surface area contributed by atoms with E-state index in [-0.39, 0.29) is 0 Å². The van der Waals surface area contributed by atoms with Crippen molar-refractivity contribution in [2.75, 3.05) is 36.0 Å². The monoisotopic (exact) mass is 365 g/mol. The number of aromatic nitrogens is 1. The maximum atomic E-state index is 6.29. The minimum Gasteiger partial charge on any atom is -0.368 e. The summed E-state index contributed by atoms with van der Waals surface area (Å²) in [7, 11) is 0. The molecule has 1 fully saturated rings. The Balaban J connectivity index is 1.70. The van der Waals surface area contributed by atoms with Crippen molar-refractivity contribution in [2.24, 2.45) is 0 Å². The van der Waals surface area contributed by atoms with Crippen molar-refractivity contribution in [1.29, 1.82) is 0 Å². The van der Waals surface area contributed by atoms with Crippen LogP contribution in [-0.4, -0.2) is 31.2 Å². The Morgan fingerprint density at radius 3 is 2.48 bits per heavy atom. The van der Waals surface area contributed by atoms with Gasteiger partial charge in [0.1, 0.15) is 5.82 Å². The molecule has 5 heteroatoms. The van der Waals surface area contributed by atoms with Gasteiger partial charge in [-0.05, 0) is 46.6 Å². The smallest absolute Gasteiger partial charge is 0.147 e. The van der Waals surface area contributed by atoms with Crippen molar-refractivity contribution in [3.8, 4) is 0 Å². The van der Waals surface area contributed by atoms with Crippen molar-refractivity contribution in [3.05, 3.63) is 51.6 Å². The highest BCUT2D eigenvalue weighted by Crippen LogP contribution is 2.27. The van der Waals surface area contributed by atoms with Gasteiger partial charge in [-0.15, -0.1) is 0 Å². The SMILES string of the molecule is Cc1cccc(N2CCN(c3ncc(Br)cc3Cl)CC2)c1. The number of rotatable bonds is 2. The summed E-state index contributed by atoms with van der Waals surface area (Å²) < 4.78 is 0.912. The van der Waals surface area contributed by atoms with E-state index in [0.717, 1.165) is 36.5 Å². The van der Waals surface area contributed by atoms with Gasteiger partial charge in [0.05, 0.1) is 5.02 Å². The van der Waals surface area contributed by atoms with Crippen LogP contribution in [0, 0.1) is 6.92 Å². The third kappa shape index (κ3) is 3.33. The van der Waals surface area contributed by atoms with E-state index in [1.165, 1.54) is 11.3 Å². The Hall–Kier alpha value is -1.26. The lowest BCUT2D eigenvalue weighted by Crippen LogP contribution is -2.47. The van der Waals surface area contributed by atoms with Crippen molar-refractivity contribution in [2.45, 2.75) is 6.92 Å². The largest absolute Gasteiger partial charge is 0.368 e. The lowest BCUT2D eigenvalue weighted by atomic mass is 10.2. The average molecular weight is 367 g/mol. The minimum absolute atomic E-state index is 0.702. The summed E-state index contributed by atoms with van der Waals surface area (Å²) in [5, 5.41) is 0.702. The predicted molar refractivity (Wildman–Crippen MR) is 92.6 cm³/mol. The number of benzene rings is 1. The second-order valence-corrected chi connectivity index (χ2v) is 6.59. The molecule has 0 N–H and O–H groups in total. The van der Waals surface area contributed by atoms with Gasteiger partial charge in [0.15, 0.2) is 0 Å². The van der Waals surface area contributed by atoms with Crippen molar-refractivity contribution in [3.63, 3.8) is 0 Å². The van der Waals surface area contributed by atoms with Crippen LogP contribution in [0.4, 0.5) is 11.5 Å². The van der Waals surface area contributed by atoms with Gasteiger partial charge in [-0.25, -0.2) is 4.98 Å². The Labute approximate surface area is 138 Å². The van der Waals surface area contributed by atoms with E-state index in [2.05, 4.69) is 61.9 Å². The summed E-state index contributed by atoms with van der Waals surface area (Å²) in [5.74, 6) is 0.878. The third-order valence-corrected chi connectivity index (χ3v) is 4.45. The molecule has 1 aromatic carbocycles. The van der Waals surface area contributed by atoms with Crippen LogP contribution >= 0.6 is 27.5 Å². The molecule has 0 spiro atoms. The topological polar surface area (TPSA) is 19.4 Å². The fraction of sp³-hybridized carbons (Fsp3) is 0.312. The normalized spacial score (nSPS) is 15.4. The first-order valence-corrected chi connectivity index (χ1v) is 8.18. The van der Waals surface area contributed by atoms with Gasteiger partial charge < -0.3 is 9.80 Å². The van der Waals surface area contributed by atoms with E-state index in [0.29, 0.717) is 5.02 Å². The van der Waals surface area contributed by atoms with Crippen molar-refractivity contribution in [1.82, 2.24) is 4.98 Å². The molecular formula is C16H17BrClN3. The summed E-state index contributed by atoms with van der Waals surface area (Å²) in [6.07, 6.45) is 1.80. The first-order chi connectivity index (χ1) is 10.1. The Kier molecular flexibility index (Phi) is 4.36. The molecule has 0 amide bonds. The molecule has 2 aromatic rings. The van der Waals surface area contributed by atoms with Crippen LogP contribution in [0.15, 0.2) is 41.0 Å². The summed E-state index contributed by atoms with van der Waals surface area (Å²) >= 11 is 9.68. The summed E-state index contributed by atoms with van der Waals surface area (Å²) in [6, 6.07) is 10.6. The minimum atomic E-state index is 0.702. The number of hydrogen-bond donors (Lipinski definition) is 0. The number of anilines is 2. The molecule has 1 aliphatic rings. The maximum Gasteiger partial charge on any atom is 0.147 e. The van der Waals surface area contributed by atoms with Gasteiger partial charge in [-0.1, -0.05) is 23.7 Å². The number of hydrogen-bond acceptors (Lipinski definition) is 3. The molecule has 3 nitrogen and oxygen atoms in total. The lowest BCUT2D eigenvalue weighted by molar-refractivity contribution is 0.647. The molecule has 1 aliphatic heterocycles.